The van der Waals surface area contributed by atoms with Gasteiger partial charge in [-0.15, -0.1) is 0 Å². The molecule has 0 atom stereocenters. The van der Waals surface area contributed by atoms with Crippen molar-refractivity contribution in [2.75, 3.05) is 25.2 Å². The third kappa shape index (κ3) is 3.36. The highest BCUT2D eigenvalue weighted by atomic mass is 32.2. The van der Waals surface area contributed by atoms with Crippen LogP contribution in [0.2, 0.25) is 0 Å². The van der Waals surface area contributed by atoms with Crippen molar-refractivity contribution >= 4 is 21.4 Å². The fourth-order valence-corrected chi connectivity index (χ4v) is 2.47. The number of carbonyl (C=O) groups is 1. The van der Waals surface area contributed by atoms with Crippen LogP contribution < -0.4 is 15.8 Å². The molecule has 1 aromatic carbocycles. The Bertz CT molecular complexity index is 567. The fraction of sp³-hybridized carbons (Fsp3) is 0.364. The zero-order chi connectivity index (χ0) is 13.9. The molecule has 6 nitrogen and oxygen atoms in total. The summed E-state index contributed by atoms with van der Waals surface area (Å²) >= 11 is 0. The first-order valence-electron chi connectivity index (χ1n) is 5.16. The summed E-state index contributed by atoms with van der Waals surface area (Å²) in [7, 11) is -2.04. The molecule has 0 aliphatic rings. The second kappa shape index (κ2) is 5.26. The minimum absolute atomic E-state index is 0.0805. The van der Waals surface area contributed by atoms with Crippen LogP contribution in [0.25, 0.3) is 0 Å². The van der Waals surface area contributed by atoms with Crippen molar-refractivity contribution in [1.29, 1.82) is 0 Å². The molecule has 0 saturated heterocycles. The van der Waals surface area contributed by atoms with Crippen molar-refractivity contribution < 1.29 is 17.9 Å². The number of ether oxygens (including phenoxy) is 1. The number of sulfone groups is 1. The Morgan fingerprint density at radius 1 is 1.44 bits per heavy atom. The molecule has 3 N–H and O–H groups in total. The van der Waals surface area contributed by atoms with E-state index in [9.17, 15) is 13.2 Å². The average Bonchev–Trinajstić information content (AvgIpc) is 2.24. The number of nitrogens with two attached hydrogens (primary N) is 1. The molecule has 0 unspecified atom stereocenters. The van der Waals surface area contributed by atoms with Crippen LogP contribution in [-0.2, 0) is 14.6 Å². The summed E-state index contributed by atoms with van der Waals surface area (Å²) in [5.41, 5.74) is 6.20. The highest BCUT2D eigenvalue weighted by Gasteiger charge is 2.18. The molecule has 7 heteroatoms. The van der Waals surface area contributed by atoms with Gasteiger partial charge in [-0.1, -0.05) is 0 Å². The lowest BCUT2D eigenvalue weighted by molar-refractivity contribution is -0.116. The predicted molar refractivity (Wildman–Crippen MR) is 68.5 cm³/mol. The predicted octanol–water partition coefficient (Wildman–Crippen LogP) is 0.304. The Hall–Kier alpha value is -1.76. The van der Waals surface area contributed by atoms with Gasteiger partial charge < -0.3 is 15.8 Å². The number of hydrogen-bond acceptors (Lipinski definition) is 5. The smallest absolute Gasteiger partial charge is 0.236 e. The molecule has 18 heavy (non-hydrogen) atoms. The molecule has 1 aromatic rings. The summed E-state index contributed by atoms with van der Waals surface area (Å²) < 4.78 is 28.4. The molecule has 0 fully saturated rings. The summed E-state index contributed by atoms with van der Waals surface area (Å²) in [6.45, 7) is 1.66. The van der Waals surface area contributed by atoms with E-state index in [1.807, 2.05) is 0 Å². The zero-order valence-electron chi connectivity index (χ0n) is 10.5. The molecule has 0 heterocycles. The van der Waals surface area contributed by atoms with E-state index in [0.29, 0.717) is 5.69 Å². The maximum absolute atomic E-state index is 11.7. The van der Waals surface area contributed by atoms with E-state index in [0.717, 1.165) is 11.8 Å². The van der Waals surface area contributed by atoms with Crippen LogP contribution in [0.5, 0.6) is 5.75 Å². The lowest BCUT2D eigenvalue weighted by Gasteiger charge is -2.14. The molecular formula is C11H16N2O4S. The van der Waals surface area contributed by atoms with Crippen molar-refractivity contribution in [3.8, 4) is 5.75 Å². The van der Waals surface area contributed by atoms with Crippen molar-refractivity contribution in [2.45, 2.75) is 11.8 Å². The zero-order valence-corrected chi connectivity index (χ0v) is 11.3. The summed E-state index contributed by atoms with van der Waals surface area (Å²) in [4.78, 5) is 10.8. The van der Waals surface area contributed by atoms with Gasteiger partial charge in [-0.3, -0.25) is 4.79 Å². The van der Waals surface area contributed by atoms with Crippen LogP contribution in [0, 0.1) is 6.92 Å². The van der Waals surface area contributed by atoms with E-state index < -0.39 is 15.7 Å². The van der Waals surface area contributed by atoms with Crippen LogP contribution in [-0.4, -0.2) is 34.2 Å². The average molecular weight is 272 g/mol. The first-order chi connectivity index (χ1) is 8.25. The number of anilines is 1. The summed E-state index contributed by atoms with van der Waals surface area (Å²) in [6, 6.07) is 3.21. The lowest BCUT2D eigenvalue weighted by Crippen LogP contribution is -2.22. The largest absolute Gasteiger partial charge is 0.493 e. The van der Waals surface area contributed by atoms with Crippen LogP contribution >= 0.6 is 0 Å². The Labute approximate surface area is 106 Å². The van der Waals surface area contributed by atoms with Crippen molar-refractivity contribution in [3.05, 3.63) is 17.7 Å². The topological polar surface area (TPSA) is 98.5 Å². The van der Waals surface area contributed by atoms with Gasteiger partial charge in [-0.2, -0.15) is 0 Å². The van der Waals surface area contributed by atoms with Crippen molar-refractivity contribution in [3.63, 3.8) is 0 Å². The van der Waals surface area contributed by atoms with Crippen LogP contribution in [0.4, 0.5) is 5.69 Å². The van der Waals surface area contributed by atoms with E-state index in [1.54, 1.807) is 13.0 Å². The molecule has 0 radical (unpaired) electrons. The Morgan fingerprint density at radius 3 is 2.50 bits per heavy atom. The number of amides is 1. The third-order valence-corrected chi connectivity index (χ3v) is 3.36. The molecular weight excluding hydrogens is 256 g/mol. The van der Waals surface area contributed by atoms with Gasteiger partial charge in [-0.05, 0) is 24.6 Å². The number of primary amides is 1. The van der Waals surface area contributed by atoms with E-state index in [1.165, 1.54) is 13.2 Å². The van der Waals surface area contributed by atoms with Gasteiger partial charge in [0, 0.05) is 6.26 Å². The van der Waals surface area contributed by atoms with Gasteiger partial charge in [0.05, 0.1) is 19.3 Å². The second-order valence-electron chi connectivity index (χ2n) is 3.94. The van der Waals surface area contributed by atoms with E-state index in [-0.39, 0.29) is 17.2 Å². The molecule has 0 bridgehead atoms. The number of rotatable bonds is 5. The number of carbonyl (C=O) groups excluding carboxylic acids is 1. The summed E-state index contributed by atoms with van der Waals surface area (Å²) in [6.07, 6.45) is 1.10. The monoisotopic (exact) mass is 272 g/mol. The first kappa shape index (κ1) is 14.3. The van der Waals surface area contributed by atoms with Crippen LogP contribution in [0.1, 0.15) is 5.56 Å². The van der Waals surface area contributed by atoms with Crippen molar-refractivity contribution in [2.24, 2.45) is 5.73 Å². The Balaban J connectivity index is 3.34. The van der Waals surface area contributed by atoms with Crippen LogP contribution in [0.15, 0.2) is 17.0 Å². The highest BCUT2D eigenvalue weighted by Crippen LogP contribution is 2.33. The van der Waals surface area contributed by atoms with Crippen LogP contribution in [0.3, 0.4) is 0 Å². The van der Waals surface area contributed by atoms with Gasteiger partial charge in [-0.25, -0.2) is 8.42 Å². The van der Waals surface area contributed by atoms with Gasteiger partial charge >= 0.3 is 0 Å². The molecule has 0 saturated carbocycles. The van der Waals surface area contributed by atoms with E-state index >= 15 is 0 Å². The van der Waals surface area contributed by atoms with Gasteiger partial charge in [0.1, 0.15) is 4.90 Å². The maximum atomic E-state index is 11.7. The van der Waals surface area contributed by atoms with Gasteiger partial charge in [0.15, 0.2) is 15.6 Å². The Morgan fingerprint density at radius 2 is 2.06 bits per heavy atom. The minimum atomic E-state index is -3.41. The number of methoxy groups -OCH3 is 1. The number of aryl methyl sites for hydroxylation is 1. The molecule has 100 valence electrons. The summed E-state index contributed by atoms with van der Waals surface area (Å²) in [5, 5.41) is 2.75. The number of hydrogen-bond donors (Lipinski definition) is 2. The second-order valence-corrected chi connectivity index (χ2v) is 5.92. The highest BCUT2D eigenvalue weighted by molar-refractivity contribution is 7.90. The van der Waals surface area contributed by atoms with Gasteiger partial charge in [0.25, 0.3) is 0 Å². The SMILES string of the molecule is COc1c(NCC(N)=O)cc(C)cc1S(C)(=O)=O. The number of nitrogens with one attached hydrogen (secondary N) is 1. The molecule has 1 rings (SSSR count). The standard InChI is InChI=1S/C11H16N2O4S/c1-7-4-8(13-6-10(12)14)11(17-2)9(5-7)18(3,15)16/h4-5,13H,6H2,1-3H3,(H2,12,14). The first-order valence-corrected chi connectivity index (χ1v) is 7.05. The van der Waals surface area contributed by atoms with Crippen molar-refractivity contribution in [1.82, 2.24) is 0 Å². The normalized spacial score (nSPS) is 11.1. The minimum Gasteiger partial charge on any atom is -0.493 e. The molecule has 0 aromatic heterocycles. The summed E-state index contributed by atoms with van der Waals surface area (Å²) in [5.74, 6) is -0.358. The molecule has 0 spiro atoms. The number of benzene rings is 1. The van der Waals surface area contributed by atoms with E-state index in [4.69, 9.17) is 10.5 Å². The Kier molecular flexibility index (Phi) is 4.18. The fourth-order valence-electron chi connectivity index (χ4n) is 1.54. The lowest BCUT2D eigenvalue weighted by atomic mass is 10.2. The third-order valence-electron chi connectivity index (χ3n) is 2.26. The molecule has 1 amide bonds. The molecule has 0 aliphatic heterocycles. The maximum Gasteiger partial charge on any atom is 0.236 e. The quantitative estimate of drug-likeness (QED) is 0.803. The van der Waals surface area contributed by atoms with Gasteiger partial charge in [0.2, 0.25) is 5.91 Å². The van der Waals surface area contributed by atoms with E-state index in [2.05, 4.69) is 5.32 Å². The molecule has 0 aliphatic carbocycles.